The fraction of sp³-hybridized carbons (Fsp3) is 0.643. The number of carbonyl (C=O) groups excluding carboxylic acids is 2. The van der Waals surface area contributed by atoms with Crippen molar-refractivity contribution in [3.63, 3.8) is 0 Å². The van der Waals surface area contributed by atoms with Crippen molar-refractivity contribution in [1.29, 1.82) is 0 Å². The number of aromatic carboxylic acids is 1. The Balaban J connectivity index is 1.14. The first-order chi connectivity index (χ1) is 25.6. The first-order valence-corrected chi connectivity index (χ1v) is 20.4. The van der Waals surface area contributed by atoms with Gasteiger partial charge in [0.15, 0.2) is 5.69 Å². The van der Waals surface area contributed by atoms with Crippen LogP contribution in [-0.2, 0) is 33.7 Å². The van der Waals surface area contributed by atoms with Gasteiger partial charge in [0, 0.05) is 53.3 Å². The zero-order valence-corrected chi connectivity index (χ0v) is 34.7. The number of carbonyl (C=O) groups is 3. The summed E-state index contributed by atoms with van der Waals surface area (Å²) in [5, 5.41) is 19.3. The van der Waals surface area contributed by atoms with Crippen molar-refractivity contribution in [2.45, 2.75) is 137 Å². The maximum atomic E-state index is 13.9. The Labute approximate surface area is 328 Å². The number of amides is 1. The van der Waals surface area contributed by atoms with Gasteiger partial charge in [0.25, 0.3) is 0 Å². The topological polar surface area (TPSA) is 145 Å². The summed E-state index contributed by atoms with van der Waals surface area (Å²) in [6, 6.07) is 3.84. The Hall–Kier alpha value is -3.97. The molecule has 8 rings (SSSR count). The number of esters is 1. The highest BCUT2D eigenvalue weighted by Gasteiger charge is 2.66. The maximum Gasteiger partial charge on any atom is 0.407 e. The predicted molar refractivity (Wildman–Crippen MR) is 211 cm³/mol. The molecule has 1 amide bonds. The van der Waals surface area contributed by atoms with E-state index in [1.54, 1.807) is 5.38 Å². The molecule has 3 aromatic heterocycles. The second kappa shape index (κ2) is 13.6. The Morgan fingerprint density at radius 3 is 2.29 bits per heavy atom. The van der Waals surface area contributed by atoms with E-state index in [-0.39, 0.29) is 27.5 Å². The highest BCUT2D eigenvalue weighted by Crippen LogP contribution is 2.72. The minimum absolute atomic E-state index is 0.0232. The van der Waals surface area contributed by atoms with Gasteiger partial charge in [-0.2, -0.15) is 5.10 Å². The second-order valence-electron chi connectivity index (χ2n) is 19.5. The van der Waals surface area contributed by atoms with Gasteiger partial charge in [-0.05, 0) is 127 Å². The molecule has 4 aliphatic carbocycles. The lowest BCUT2D eigenvalue weighted by atomic mass is 9.39. The number of hydrogen-bond donors (Lipinski definition) is 2. The first kappa shape index (κ1) is 39.3. The van der Waals surface area contributed by atoms with E-state index in [1.807, 2.05) is 64.8 Å². The molecule has 55 heavy (non-hydrogen) atoms. The Kier molecular flexibility index (Phi) is 9.71. The number of rotatable bonds is 10. The van der Waals surface area contributed by atoms with Crippen molar-refractivity contribution < 1.29 is 33.7 Å². The van der Waals surface area contributed by atoms with Crippen molar-refractivity contribution in [2.75, 3.05) is 24.6 Å². The molecule has 4 heterocycles. The number of thiophene rings is 1. The average Bonchev–Trinajstić information content (AvgIpc) is 3.62. The molecule has 298 valence electrons. The number of pyridine rings is 1. The fourth-order valence-corrected chi connectivity index (χ4v) is 12.1. The van der Waals surface area contributed by atoms with E-state index in [4.69, 9.17) is 24.3 Å². The zero-order chi connectivity index (χ0) is 39.8. The molecule has 2 unspecified atom stereocenters. The third-order valence-electron chi connectivity index (χ3n) is 11.7. The average molecular weight is 776 g/mol. The lowest BCUT2D eigenvalue weighted by Gasteiger charge is -2.69. The van der Waals surface area contributed by atoms with Crippen LogP contribution in [0.5, 0.6) is 0 Å². The molecule has 4 saturated carbocycles. The van der Waals surface area contributed by atoms with Gasteiger partial charge >= 0.3 is 18.0 Å². The minimum Gasteiger partial charge on any atom is -0.478 e. The number of anilines is 1. The van der Waals surface area contributed by atoms with Crippen LogP contribution in [0.3, 0.4) is 0 Å². The molecule has 0 aromatic carbocycles. The summed E-state index contributed by atoms with van der Waals surface area (Å²) in [5.74, 6) is -0.848. The van der Waals surface area contributed by atoms with E-state index in [9.17, 15) is 19.5 Å². The van der Waals surface area contributed by atoms with Crippen LogP contribution in [0.4, 0.5) is 10.6 Å². The number of fused-ring (bicyclic) bond motifs is 1. The van der Waals surface area contributed by atoms with Crippen LogP contribution in [0.1, 0.15) is 131 Å². The highest BCUT2D eigenvalue weighted by molar-refractivity contribution is 7.10. The molecule has 0 spiro atoms. The van der Waals surface area contributed by atoms with Gasteiger partial charge in [0.05, 0.1) is 24.0 Å². The second-order valence-corrected chi connectivity index (χ2v) is 20.5. The number of carboxylic acid groups (broad SMARTS) is 1. The van der Waals surface area contributed by atoms with E-state index in [0.29, 0.717) is 49.6 Å². The third-order valence-corrected chi connectivity index (χ3v) is 12.8. The molecule has 5 aliphatic rings. The van der Waals surface area contributed by atoms with Crippen LogP contribution < -0.4 is 10.2 Å². The van der Waals surface area contributed by atoms with E-state index >= 15 is 0 Å². The van der Waals surface area contributed by atoms with Crippen molar-refractivity contribution in [3.8, 4) is 11.1 Å². The van der Waals surface area contributed by atoms with Gasteiger partial charge < -0.3 is 29.5 Å². The highest BCUT2D eigenvalue weighted by atomic mass is 32.1. The largest absolute Gasteiger partial charge is 0.478 e. The molecule has 4 bridgehead atoms. The monoisotopic (exact) mass is 775 g/mol. The number of carboxylic acids is 1. The van der Waals surface area contributed by atoms with Crippen LogP contribution in [0.15, 0.2) is 23.7 Å². The summed E-state index contributed by atoms with van der Waals surface area (Å²) in [6.45, 7) is 20.6. The summed E-state index contributed by atoms with van der Waals surface area (Å²) < 4.78 is 20.2. The quantitative estimate of drug-likeness (QED) is 0.153. The number of nitrogens with one attached hydrogen (secondary N) is 1. The number of ether oxygens (including phenoxy) is 3. The van der Waals surface area contributed by atoms with Gasteiger partial charge in [-0.1, -0.05) is 13.8 Å². The van der Waals surface area contributed by atoms with E-state index in [2.05, 4.69) is 30.8 Å². The number of nitrogens with zero attached hydrogens (tertiary/aromatic N) is 4. The van der Waals surface area contributed by atoms with Crippen LogP contribution in [0, 0.1) is 23.2 Å². The smallest absolute Gasteiger partial charge is 0.407 e. The molecule has 2 atom stereocenters. The number of aromatic nitrogens is 3. The fourth-order valence-electron chi connectivity index (χ4n) is 11.1. The van der Waals surface area contributed by atoms with E-state index in [0.717, 1.165) is 60.3 Å². The standard InChI is InChI=1S/C42H57N5O7S/c1-26-28(27-10-11-32(45-33(27)35(50)53-37(2,3)4)46-14-12-31-29(17-46)30(18-55-31)34(48)49)16-44-47(26)25-41-20-39(8)19-40(9,21-41)23-42(22-39,24-41)52-15-13-43-36(51)54-38(5,6)7/h10-11,16,18H,12-15,17,19-25H2,1-9H3,(H,43,51)(H,48,49). The van der Waals surface area contributed by atoms with Gasteiger partial charge in [0.2, 0.25) is 0 Å². The van der Waals surface area contributed by atoms with E-state index in [1.165, 1.54) is 17.8 Å². The third kappa shape index (κ3) is 8.15. The summed E-state index contributed by atoms with van der Waals surface area (Å²) in [5.41, 5.74) is 2.48. The van der Waals surface area contributed by atoms with Crippen molar-refractivity contribution in [3.05, 3.63) is 51.1 Å². The normalized spacial score (nSPS) is 27.2. The molecule has 13 heteroatoms. The lowest BCUT2D eigenvalue weighted by molar-refractivity contribution is -0.247. The van der Waals surface area contributed by atoms with Gasteiger partial charge in [0.1, 0.15) is 17.0 Å². The maximum absolute atomic E-state index is 13.9. The summed E-state index contributed by atoms with van der Waals surface area (Å²) in [6.07, 6.45) is 8.42. The van der Waals surface area contributed by atoms with Crippen LogP contribution in [0.25, 0.3) is 11.1 Å². The molecule has 1 aliphatic heterocycles. The molecule has 12 nitrogen and oxygen atoms in total. The molecule has 3 aromatic rings. The van der Waals surface area contributed by atoms with Gasteiger partial charge in [-0.25, -0.2) is 19.4 Å². The molecule has 2 N–H and O–H groups in total. The zero-order valence-electron chi connectivity index (χ0n) is 33.9. The lowest BCUT2D eigenvalue weighted by Crippen LogP contribution is -2.64. The molecule has 4 fully saturated rings. The van der Waals surface area contributed by atoms with Crippen molar-refractivity contribution >= 4 is 35.2 Å². The minimum atomic E-state index is -0.934. The predicted octanol–water partition coefficient (Wildman–Crippen LogP) is 8.19. The molecular formula is C42H57N5O7S. The number of hydrogen-bond acceptors (Lipinski definition) is 10. The van der Waals surface area contributed by atoms with Gasteiger partial charge in [-0.15, -0.1) is 11.3 Å². The Bertz CT molecular complexity index is 1990. The summed E-state index contributed by atoms with van der Waals surface area (Å²) in [4.78, 5) is 46.1. The van der Waals surface area contributed by atoms with Crippen LogP contribution in [-0.4, -0.2) is 74.4 Å². The van der Waals surface area contributed by atoms with Gasteiger partial charge in [-0.3, -0.25) is 4.68 Å². The van der Waals surface area contributed by atoms with Crippen molar-refractivity contribution in [1.82, 2.24) is 20.1 Å². The Morgan fingerprint density at radius 1 is 0.945 bits per heavy atom. The van der Waals surface area contributed by atoms with Crippen LogP contribution >= 0.6 is 11.3 Å². The summed E-state index contributed by atoms with van der Waals surface area (Å²) in [7, 11) is 0. The van der Waals surface area contributed by atoms with E-state index < -0.39 is 29.2 Å². The van der Waals surface area contributed by atoms with Crippen LogP contribution in [0.2, 0.25) is 0 Å². The molecule has 0 radical (unpaired) electrons. The SMILES string of the molecule is Cc1c(-c2ccc(N3CCc4scc(C(=O)O)c4C3)nc2C(=O)OC(C)(C)C)cnn1CC12CC3(C)CC(C)(C1)CC(OCCNC(=O)OC(C)(C)C)(C3)C2. The van der Waals surface area contributed by atoms with Crippen molar-refractivity contribution in [2.24, 2.45) is 16.2 Å². The summed E-state index contributed by atoms with van der Waals surface area (Å²) >= 11 is 1.48. The Morgan fingerprint density at radius 2 is 1.64 bits per heavy atom. The first-order valence-electron chi connectivity index (χ1n) is 19.5. The molecular weight excluding hydrogens is 719 g/mol. The molecule has 0 saturated heterocycles. The number of alkyl carbamates (subject to hydrolysis) is 1.